The number of benzene rings is 6. The summed E-state index contributed by atoms with van der Waals surface area (Å²) in [7, 11) is 0. The summed E-state index contributed by atoms with van der Waals surface area (Å²) in [5.74, 6) is -0.495. The third-order valence-electron chi connectivity index (χ3n) is 9.43. The summed E-state index contributed by atoms with van der Waals surface area (Å²) in [5, 5.41) is 4.41. The summed E-state index contributed by atoms with van der Waals surface area (Å²) in [5.41, 5.74) is 12.7. The standard InChI is InChI=1S/C45H43ClN2O2/c1-33-24-28-37(29-25-33)44(35-15-6-3-7-16-35,36-17-8-4-9-18-36)48-32-14-23-42(47)43(49)50-45(38-19-10-5-11-20-38,39-30-26-34(2)27-31-39)40-21-12-13-22-41(40)46/h3-13,15-22,24-31,42,48H,14,23,32,47H2,1-2H3/t42-,45?/m0/s1. The van der Waals surface area contributed by atoms with Gasteiger partial charge < -0.3 is 10.5 Å². The van der Waals surface area contributed by atoms with Crippen LogP contribution in [0.5, 0.6) is 0 Å². The Labute approximate surface area is 300 Å². The van der Waals surface area contributed by atoms with Gasteiger partial charge in [-0.1, -0.05) is 180 Å². The number of aryl methyl sites for hydroxylation is 2. The molecule has 0 aliphatic rings. The summed E-state index contributed by atoms with van der Waals surface area (Å²) in [6.45, 7) is 4.73. The number of esters is 1. The summed E-state index contributed by atoms with van der Waals surface area (Å²) >= 11 is 6.88. The van der Waals surface area contributed by atoms with Gasteiger partial charge >= 0.3 is 5.97 Å². The first kappa shape index (κ1) is 34.8. The van der Waals surface area contributed by atoms with Crippen molar-refractivity contribution in [3.63, 3.8) is 0 Å². The van der Waals surface area contributed by atoms with Crippen molar-refractivity contribution < 1.29 is 9.53 Å². The Morgan fingerprint density at radius 1 is 0.620 bits per heavy atom. The lowest BCUT2D eigenvalue weighted by Crippen LogP contribution is -2.46. The summed E-state index contributed by atoms with van der Waals surface area (Å²) in [6, 6.07) is 54.1. The molecule has 0 aliphatic carbocycles. The number of halogens is 1. The van der Waals surface area contributed by atoms with Crippen molar-refractivity contribution in [1.82, 2.24) is 5.32 Å². The monoisotopic (exact) mass is 678 g/mol. The van der Waals surface area contributed by atoms with Crippen molar-refractivity contribution in [2.45, 2.75) is 43.9 Å². The van der Waals surface area contributed by atoms with E-state index in [0.717, 1.165) is 33.4 Å². The average Bonchev–Trinajstić information content (AvgIpc) is 3.16. The second kappa shape index (κ2) is 15.7. The minimum atomic E-state index is -1.30. The van der Waals surface area contributed by atoms with E-state index in [9.17, 15) is 4.79 Å². The van der Waals surface area contributed by atoms with Crippen LogP contribution in [-0.4, -0.2) is 18.6 Å². The molecule has 2 atom stereocenters. The fourth-order valence-electron chi connectivity index (χ4n) is 6.79. The van der Waals surface area contributed by atoms with Gasteiger partial charge in [0.05, 0.1) is 5.54 Å². The molecule has 0 aromatic heterocycles. The average molecular weight is 679 g/mol. The topological polar surface area (TPSA) is 64.3 Å². The van der Waals surface area contributed by atoms with Gasteiger partial charge in [0.15, 0.2) is 5.60 Å². The molecule has 0 heterocycles. The fraction of sp³-hybridized carbons (Fsp3) is 0.178. The van der Waals surface area contributed by atoms with Crippen LogP contribution in [0.1, 0.15) is 57.3 Å². The van der Waals surface area contributed by atoms with E-state index in [1.54, 1.807) is 0 Å². The molecule has 50 heavy (non-hydrogen) atoms. The molecule has 0 aliphatic heterocycles. The van der Waals surface area contributed by atoms with Crippen molar-refractivity contribution in [2.75, 3.05) is 6.54 Å². The highest BCUT2D eigenvalue weighted by molar-refractivity contribution is 6.31. The van der Waals surface area contributed by atoms with Crippen molar-refractivity contribution in [3.05, 3.63) is 213 Å². The Kier molecular flexibility index (Phi) is 10.9. The molecule has 0 saturated carbocycles. The van der Waals surface area contributed by atoms with E-state index in [1.165, 1.54) is 5.56 Å². The highest BCUT2D eigenvalue weighted by Crippen LogP contribution is 2.44. The lowest BCUT2D eigenvalue weighted by atomic mass is 9.76. The van der Waals surface area contributed by atoms with E-state index in [2.05, 4.69) is 85.0 Å². The molecule has 3 N–H and O–H groups in total. The van der Waals surface area contributed by atoms with Crippen LogP contribution in [0.4, 0.5) is 0 Å². The molecule has 4 nitrogen and oxygen atoms in total. The highest BCUT2D eigenvalue weighted by Gasteiger charge is 2.43. The predicted octanol–water partition coefficient (Wildman–Crippen LogP) is 9.48. The maximum absolute atomic E-state index is 14.1. The lowest BCUT2D eigenvalue weighted by molar-refractivity contribution is -0.155. The number of hydrogen-bond donors (Lipinski definition) is 2. The predicted molar refractivity (Wildman–Crippen MR) is 204 cm³/mol. The molecular weight excluding hydrogens is 636 g/mol. The zero-order valence-electron chi connectivity index (χ0n) is 28.6. The molecular formula is C45H43ClN2O2. The van der Waals surface area contributed by atoms with E-state index >= 15 is 0 Å². The molecule has 0 spiro atoms. The van der Waals surface area contributed by atoms with Crippen molar-refractivity contribution >= 4 is 17.6 Å². The third kappa shape index (κ3) is 7.15. The highest BCUT2D eigenvalue weighted by atomic mass is 35.5. The van der Waals surface area contributed by atoms with Crippen LogP contribution in [0.3, 0.4) is 0 Å². The maximum atomic E-state index is 14.1. The molecule has 6 rings (SSSR count). The SMILES string of the molecule is Cc1ccc(C(NCCC[C@H](N)C(=O)OC(c2ccccc2)(c2ccc(C)cc2)c2ccccc2Cl)(c2ccccc2)c2ccccc2)cc1. The Balaban J connectivity index is 1.28. The molecule has 0 radical (unpaired) electrons. The maximum Gasteiger partial charge on any atom is 0.324 e. The van der Waals surface area contributed by atoms with Crippen molar-refractivity contribution in [1.29, 1.82) is 0 Å². The Morgan fingerprint density at radius 2 is 1.04 bits per heavy atom. The van der Waals surface area contributed by atoms with Crippen molar-refractivity contribution in [3.8, 4) is 0 Å². The Morgan fingerprint density at radius 3 is 1.56 bits per heavy atom. The largest absolute Gasteiger partial charge is 0.443 e. The second-order valence-electron chi connectivity index (χ2n) is 12.8. The molecule has 6 aromatic carbocycles. The molecule has 0 bridgehead atoms. The van der Waals surface area contributed by atoms with E-state index in [1.807, 2.05) is 97.9 Å². The van der Waals surface area contributed by atoms with Gasteiger partial charge in [0.1, 0.15) is 6.04 Å². The van der Waals surface area contributed by atoms with Gasteiger partial charge in [-0.3, -0.25) is 10.1 Å². The van der Waals surface area contributed by atoms with E-state index < -0.39 is 23.2 Å². The molecule has 0 fully saturated rings. The molecule has 6 aromatic rings. The van der Waals surface area contributed by atoms with Crippen LogP contribution in [0.15, 0.2) is 164 Å². The Hall–Kier alpha value is -5.00. The number of nitrogens with two attached hydrogens (primary N) is 1. The lowest BCUT2D eigenvalue weighted by Gasteiger charge is -2.37. The first-order chi connectivity index (χ1) is 24.3. The molecule has 252 valence electrons. The van der Waals surface area contributed by atoms with E-state index in [-0.39, 0.29) is 0 Å². The number of carbonyl (C=O) groups is 1. The van der Waals surface area contributed by atoms with Crippen LogP contribution in [0, 0.1) is 13.8 Å². The first-order valence-electron chi connectivity index (χ1n) is 17.1. The number of rotatable bonds is 13. The molecule has 5 heteroatoms. The summed E-state index contributed by atoms with van der Waals surface area (Å²) in [4.78, 5) is 14.1. The summed E-state index contributed by atoms with van der Waals surface area (Å²) in [6.07, 6.45) is 1.05. The molecule has 0 saturated heterocycles. The zero-order valence-corrected chi connectivity index (χ0v) is 29.3. The minimum Gasteiger partial charge on any atom is -0.443 e. The van der Waals surface area contributed by atoms with Gasteiger partial charge in [-0.2, -0.15) is 0 Å². The second-order valence-corrected chi connectivity index (χ2v) is 13.2. The third-order valence-corrected chi connectivity index (χ3v) is 9.76. The van der Waals surface area contributed by atoms with E-state index in [0.29, 0.717) is 30.0 Å². The van der Waals surface area contributed by atoms with Gasteiger partial charge in [-0.05, 0) is 56.0 Å². The van der Waals surface area contributed by atoms with Crippen LogP contribution < -0.4 is 11.1 Å². The van der Waals surface area contributed by atoms with Crippen LogP contribution >= 0.6 is 11.6 Å². The first-order valence-corrected chi connectivity index (χ1v) is 17.5. The van der Waals surface area contributed by atoms with Crippen LogP contribution in [-0.2, 0) is 20.7 Å². The number of hydrogen-bond acceptors (Lipinski definition) is 4. The fourth-order valence-corrected chi connectivity index (χ4v) is 7.06. The zero-order chi connectivity index (χ0) is 35.0. The van der Waals surface area contributed by atoms with Crippen LogP contribution in [0.2, 0.25) is 5.02 Å². The number of nitrogens with one attached hydrogen (secondary N) is 1. The van der Waals surface area contributed by atoms with E-state index in [4.69, 9.17) is 22.1 Å². The van der Waals surface area contributed by atoms with Gasteiger partial charge in [-0.15, -0.1) is 0 Å². The van der Waals surface area contributed by atoms with Gasteiger partial charge in [0.2, 0.25) is 0 Å². The minimum absolute atomic E-state index is 0.417. The van der Waals surface area contributed by atoms with Crippen LogP contribution in [0.25, 0.3) is 0 Å². The molecule has 0 amide bonds. The number of ether oxygens (including phenoxy) is 1. The molecule has 1 unspecified atom stereocenters. The van der Waals surface area contributed by atoms with Gasteiger partial charge in [0, 0.05) is 21.7 Å². The van der Waals surface area contributed by atoms with Gasteiger partial charge in [-0.25, -0.2) is 0 Å². The van der Waals surface area contributed by atoms with Gasteiger partial charge in [0.25, 0.3) is 0 Å². The normalized spacial score (nSPS) is 13.3. The Bertz CT molecular complexity index is 1940. The summed E-state index contributed by atoms with van der Waals surface area (Å²) < 4.78 is 6.63. The number of carbonyl (C=O) groups excluding carboxylic acids is 1. The van der Waals surface area contributed by atoms with Crippen molar-refractivity contribution in [2.24, 2.45) is 5.73 Å². The quantitative estimate of drug-likeness (QED) is 0.0726. The smallest absolute Gasteiger partial charge is 0.324 e.